The topological polar surface area (TPSA) is 35.2 Å². The highest BCUT2D eigenvalue weighted by Crippen LogP contribution is 2.37. The molecule has 112 valence electrons. The molecule has 0 bridgehead atoms. The van der Waals surface area contributed by atoms with Crippen molar-refractivity contribution in [3.63, 3.8) is 0 Å². The maximum Gasteiger partial charge on any atom is 0.119 e. The molecule has 0 heterocycles. The van der Waals surface area contributed by atoms with Crippen molar-refractivity contribution in [3.05, 3.63) is 29.8 Å². The Morgan fingerprint density at radius 3 is 2.60 bits per heavy atom. The van der Waals surface area contributed by atoms with Crippen LogP contribution < -0.4 is 10.5 Å². The number of ether oxygens (including phenoxy) is 1. The Hall–Kier alpha value is -1.02. The van der Waals surface area contributed by atoms with Gasteiger partial charge in [0.15, 0.2) is 0 Å². The van der Waals surface area contributed by atoms with Crippen molar-refractivity contribution in [2.45, 2.75) is 58.4 Å². The van der Waals surface area contributed by atoms with Crippen LogP contribution in [0, 0.1) is 11.8 Å². The zero-order chi connectivity index (χ0) is 14.4. The molecule has 1 aliphatic carbocycles. The summed E-state index contributed by atoms with van der Waals surface area (Å²) in [6.07, 6.45) is 7.61. The number of rotatable bonds is 6. The van der Waals surface area contributed by atoms with Gasteiger partial charge in [-0.05, 0) is 48.8 Å². The zero-order valence-corrected chi connectivity index (χ0v) is 13.0. The fraction of sp³-hybridized carbons (Fsp3) is 0.667. The van der Waals surface area contributed by atoms with Gasteiger partial charge >= 0.3 is 0 Å². The zero-order valence-electron chi connectivity index (χ0n) is 13.0. The highest BCUT2D eigenvalue weighted by Gasteiger charge is 2.25. The molecular formula is C18H29NO. The maximum atomic E-state index is 6.50. The minimum atomic E-state index is 0.165. The van der Waals surface area contributed by atoms with Gasteiger partial charge in [0.2, 0.25) is 0 Å². The van der Waals surface area contributed by atoms with Crippen LogP contribution in [0.2, 0.25) is 0 Å². The fourth-order valence-corrected chi connectivity index (χ4v) is 3.26. The smallest absolute Gasteiger partial charge is 0.119 e. The minimum absolute atomic E-state index is 0.165. The molecule has 20 heavy (non-hydrogen) atoms. The van der Waals surface area contributed by atoms with Crippen LogP contribution in [0.5, 0.6) is 5.75 Å². The SMILES string of the molecule is CCCOc1cccc(C(N)C2CCC(CC)CC2)c1. The Morgan fingerprint density at radius 1 is 1.20 bits per heavy atom. The third kappa shape index (κ3) is 3.99. The van der Waals surface area contributed by atoms with E-state index in [-0.39, 0.29) is 6.04 Å². The normalized spacial score (nSPS) is 24.4. The van der Waals surface area contributed by atoms with Gasteiger partial charge in [-0.3, -0.25) is 0 Å². The van der Waals surface area contributed by atoms with Crippen LogP contribution in [0.1, 0.15) is 64.0 Å². The second-order valence-corrected chi connectivity index (χ2v) is 6.14. The first-order valence-corrected chi connectivity index (χ1v) is 8.22. The molecule has 1 atom stereocenters. The van der Waals surface area contributed by atoms with Gasteiger partial charge in [-0.1, -0.05) is 45.2 Å². The summed E-state index contributed by atoms with van der Waals surface area (Å²) in [6, 6.07) is 8.54. The molecule has 1 saturated carbocycles. The molecule has 1 unspecified atom stereocenters. The number of nitrogens with two attached hydrogens (primary N) is 1. The predicted molar refractivity (Wildman–Crippen MR) is 84.9 cm³/mol. The molecular weight excluding hydrogens is 246 g/mol. The molecule has 0 amide bonds. The first-order chi connectivity index (χ1) is 9.74. The van der Waals surface area contributed by atoms with Crippen molar-refractivity contribution in [2.24, 2.45) is 17.6 Å². The molecule has 1 aliphatic rings. The first-order valence-electron chi connectivity index (χ1n) is 8.22. The highest BCUT2D eigenvalue weighted by molar-refractivity contribution is 5.30. The summed E-state index contributed by atoms with van der Waals surface area (Å²) >= 11 is 0. The molecule has 2 rings (SSSR count). The van der Waals surface area contributed by atoms with Gasteiger partial charge in [0.05, 0.1) is 6.61 Å². The second kappa shape index (κ2) is 7.68. The molecule has 2 nitrogen and oxygen atoms in total. The molecule has 0 aliphatic heterocycles. The third-order valence-electron chi connectivity index (χ3n) is 4.69. The van der Waals surface area contributed by atoms with Gasteiger partial charge in [-0.25, -0.2) is 0 Å². The summed E-state index contributed by atoms with van der Waals surface area (Å²) in [5.74, 6) is 2.53. The Balaban J connectivity index is 1.96. The number of benzene rings is 1. The van der Waals surface area contributed by atoms with E-state index in [2.05, 4.69) is 32.0 Å². The lowest BCUT2D eigenvalue weighted by atomic mass is 9.76. The minimum Gasteiger partial charge on any atom is -0.494 e. The quantitative estimate of drug-likeness (QED) is 0.817. The van der Waals surface area contributed by atoms with Crippen LogP contribution in [0.15, 0.2) is 24.3 Å². The lowest BCUT2D eigenvalue weighted by molar-refractivity contribution is 0.239. The van der Waals surface area contributed by atoms with Gasteiger partial charge in [-0.15, -0.1) is 0 Å². The summed E-state index contributed by atoms with van der Waals surface area (Å²) in [6.45, 7) is 5.21. The summed E-state index contributed by atoms with van der Waals surface area (Å²) in [5, 5.41) is 0. The molecule has 1 aromatic rings. The summed E-state index contributed by atoms with van der Waals surface area (Å²) in [5.41, 5.74) is 7.73. The van der Waals surface area contributed by atoms with E-state index in [0.717, 1.165) is 24.7 Å². The van der Waals surface area contributed by atoms with Crippen molar-refractivity contribution in [3.8, 4) is 5.75 Å². The van der Waals surface area contributed by atoms with Gasteiger partial charge in [0.1, 0.15) is 5.75 Å². The van der Waals surface area contributed by atoms with Crippen LogP contribution >= 0.6 is 0 Å². The third-order valence-corrected chi connectivity index (χ3v) is 4.69. The second-order valence-electron chi connectivity index (χ2n) is 6.14. The van der Waals surface area contributed by atoms with Crippen LogP contribution in [0.25, 0.3) is 0 Å². The van der Waals surface area contributed by atoms with Gasteiger partial charge in [0.25, 0.3) is 0 Å². The monoisotopic (exact) mass is 275 g/mol. The van der Waals surface area contributed by atoms with E-state index < -0.39 is 0 Å². The van der Waals surface area contributed by atoms with Crippen molar-refractivity contribution in [1.29, 1.82) is 0 Å². The molecule has 0 aromatic heterocycles. The molecule has 1 aromatic carbocycles. The van der Waals surface area contributed by atoms with E-state index in [4.69, 9.17) is 10.5 Å². The molecule has 0 radical (unpaired) electrons. The molecule has 2 N–H and O–H groups in total. The first kappa shape index (κ1) is 15.4. The Bertz CT molecular complexity index is 396. The standard InChI is InChI=1S/C18H29NO/c1-3-12-20-17-7-5-6-16(13-17)18(19)15-10-8-14(4-2)9-11-15/h5-7,13-15,18H,3-4,8-12,19H2,1-2H3. The van der Waals surface area contributed by atoms with E-state index in [1.54, 1.807) is 0 Å². The Labute approximate surface area is 123 Å². The van der Waals surface area contributed by atoms with E-state index in [1.165, 1.54) is 37.7 Å². The van der Waals surface area contributed by atoms with Gasteiger partial charge in [-0.2, -0.15) is 0 Å². The Kier molecular flexibility index (Phi) is 5.90. The van der Waals surface area contributed by atoms with Crippen molar-refractivity contribution < 1.29 is 4.74 Å². The lowest BCUT2D eigenvalue weighted by Crippen LogP contribution is -2.26. The predicted octanol–water partition coefficient (Wildman–Crippen LogP) is 4.69. The number of hydrogen-bond donors (Lipinski definition) is 1. The maximum absolute atomic E-state index is 6.50. The van der Waals surface area contributed by atoms with Crippen LogP contribution in [0.4, 0.5) is 0 Å². The highest BCUT2D eigenvalue weighted by atomic mass is 16.5. The Morgan fingerprint density at radius 2 is 1.95 bits per heavy atom. The van der Waals surface area contributed by atoms with Crippen LogP contribution in [-0.4, -0.2) is 6.61 Å². The van der Waals surface area contributed by atoms with E-state index in [9.17, 15) is 0 Å². The van der Waals surface area contributed by atoms with Crippen molar-refractivity contribution in [1.82, 2.24) is 0 Å². The van der Waals surface area contributed by atoms with Gasteiger partial charge < -0.3 is 10.5 Å². The molecule has 1 fully saturated rings. The average Bonchev–Trinajstić information content (AvgIpc) is 2.52. The van der Waals surface area contributed by atoms with Crippen LogP contribution in [-0.2, 0) is 0 Å². The van der Waals surface area contributed by atoms with Crippen molar-refractivity contribution in [2.75, 3.05) is 6.61 Å². The lowest BCUT2D eigenvalue weighted by Gasteiger charge is -2.32. The van der Waals surface area contributed by atoms with E-state index in [0.29, 0.717) is 5.92 Å². The molecule has 2 heteroatoms. The average molecular weight is 275 g/mol. The summed E-state index contributed by atoms with van der Waals surface area (Å²) in [7, 11) is 0. The largest absolute Gasteiger partial charge is 0.494 e. The fourth-order valence-electron chi connectivity index (χ4n) is 3.26. The van der Waals surface area contributed by atoms with Gasteiger partial charge in [0, 0.05) is 6.04 Å². The molecule has 0 spiro atoms. The molecule has 0 saturated heterocycles. The van der Waals surface area contributed by atoms with Crippen LogP contribution in [0.3, 0.4) is 0 Å². The van der Waals surface area contributed by atoms with E-state index in [1.807, 2.05) is 6.07 Å². The summed E-state index contributed by atoms with van der Waals surface area (Å²) in [4.78, 5) is 0. The summed E-state index contributed by atoms with van der Waals surface area (Å²) < 4.78 is 5.71. The number of hydrogen-bond acceptors (Lipinski definition) is 2. The van der Waals surface area contributed by atoms with Crippen molar-refractivity contribution >= 4 is 0 Å². The van der Waals surface area contributed by atoms with E-state index >= 15 is 0 Å².